The maximum absolute atomic E-state index is 10.6. The van der Waals surface area contributed by atoms with Crippen LogP contribution in [0.25, 0.3) is 0 Å². The average Bonchev–Trinajstić information content (AvgIpc) is 1.98. The molecule has 1 saturated carbocycles. The first kappa shape index (κ1) is 5.76. The highest BCUT2D eigenvalue weighted by molar-refractivity contribution is 5.83. The molecule has 1 aliphatic rings. The Morgan fingerprint density at radius 3 is 2.50 bits per heavy atom. The Labute approximate surface area is 48.5 Å². The van der Waals surface area contributed by atoms with E-state index in [0.717, 1.165) is 0 Å². The third kappa shape index (κ3) is 0.757. The van der Waals surface area contributed by atoms with Gasteiger partial charge < -0.3 is 5.11 Å². The van der Waals surface area contributed by atoms with Gasteiger partial charge in [-0.05, 0) is 6.42 Å². The van der Waals surface area contributed by atoms with Crippen LogP contribution in [-0.4, -0.2) is 17.0 Å². The molecule has 2 heteroatoms. The number of hydrogen-bond donors (Lipinski definition) is 1. The highest BCUT2D eigenvalue weighted by Crippen LogP contribution is 2.20. The van der Waals surface area contributed by atoms with Crippen molar-refractivity contribution in [3.05, 3.63) is 0 Å². The molecule has 1 aliphatic carbocycles. The van der Waals surface area contributed by atoms with Crippen LogP contribution in [0.3, 0.4) is 0 Å². The fourth-order valence-corrected chi connectivity index (χ4v) is 0.982. The molecule has 1 unspecified atom stereocenters. The average molecular weight is 114 g/mol. The zero-order chi connectivity index (χ0) is 6.15. The summed E-state index contributed by atoms with van der Waals surface area (Å²) in [6.45, 7) is 1.78. The summed E-state index contributed by atoms with van der Waals surface area (Å²) in [5.74, 6) is 0.104. The van der Waals surface area contributed by atoms with Crippen molar-refractivity contribution in [3.8, 4) is 0 Å². The lowest BCUT2D eigenvalue weighted by atomic mass is 10.1. The second-order valence-corrected chi connectivity index (χ2v) is 2.36. The summed E-state index contributed by atoms with van der Waals surface area (Å²) >= 11 is 0. The molecule has 1 N–H and O–H groups in total. The largest absolute Gasteiger partial charge is 0.392 e. The van der Waals surface area contributed by atoms with Gasteiger partial charge in [0.15, 0.2) is 0 Å². The molecule has 46 valence electrons. The molecule has 0 amide bonds. The second kappa shape index (κ2) is 1.86. The summed E-state index contributed by atoms with van der Waals surface area (Å²) in [6, 6.07) is 0. The number of rotatable bonds is 0. The van der Waals surface area contributed by atoms with Crippen molar-refractivity contribution in [1.29, 1.82) is 0 Å². The standard InChI is InChI=1S/C6H10O2/c1-4-5(7)2-3-6(4)8/h4-5,7H,2-3H2,1H3/t4-,5?/m1/s1. The zero-order valence-electron chi connectivity index (χ0n) is 4.92. The maximum Gasteiger partial charge on any atom is 0.138 e. The zero-order valence-corrected chi connectivity index (χ0v) is 4.92. The van der Waals surface area contributed by atoms with Crippen molar-refractivity contribution < 1.29 is 9.90 Å². The van der Waals surface area contributed by atoms with Crippen molar-refractivity contribution in [1.82, 2.24) is 0 Å². The molecular formula is C6H10O2. The van der Waals surface area contributed by atoms with Gasteiger partial charge in [-0.15, -0.1) is 0 Å². The number of carbonyl (C=O) groups is 1. The molecule has 0 radical (unpaired) electrons. The maximum atomic E-state index is 10.6. The summed E-state index contributed by atoms with van der Waals surface area (Å²) in [7, 11) is 0. The van der Waals surface area contributed by atoms with Gasteiger partial charge in [0.1, 0.15) is 5.78 Å². The topological polar surface area (TPSA) is 37.3 Å². The molecule has 0 aliphatic heterocycles. The Kier molecular flexibility index (Phi) is 1.34. The van der Waals surface area contributed by atoms with Gasteiger partial charge in [-0.25, -0.2) is 0 Å². The van der Waals surface area contributed by atoms with E-state index in [-0.39, 0.29) is 17.8 Å². The van der Waals surface area contributed by atoms with Gasteiger partial charge in [0.2, 0.25) is 0 Å². The lowest BCUT2D eigenvalue weighted by molar-refractivity contribution is -0.121. The minimum Gasteiger partial charge on any atom is -0.392 e. The Morgan fingerprint density at radius 1 is 1.75 bits per heavy atom. The first-order chi connectivity index (χ1) is 3.72. The number of carbonyl (C=O) groups excluding carboxylic acids is 1. The van der Waals surface area contributed by atoms with E-state index in [4.69, 9.17) is 5.11 Å². The molecule has 0 aromatic heterocycles. The van der Waals surface area contributed by atoms with E-state index in [1.165, 1.54) is 0 Å². The van der Waals surface area contributed by atoms with Gasteiger partial charge in [-0.3, -0.25) is 4.79 Å². The summed E-state index contributed by atoms with van der Waals surface area (Å²) < 4.78 is 0. The predicted octanol–water partition coefficient (Wildman–Crippen LogP) is 0.346. The van der Waals surface area contributed by atoms with E-state index in [0.29, 0.717) is 12.8 Å². The van der Waals surface area contributed by atoms with Gasteiger partial charge >= 0.3 is 0 Å². The van der Waals surface area contributed by atoms with Crippen LogP contribution in [0.2, 0.25) is 0 Å². The molecule has 8 heavy (non-hydrogen) atoms. The van der Waals surface area contributed by atoms with E-state index < -0.39 is 0 Å². The second-order valence-electron chi connectivity index (χ2n) is 2.36. The minimum atomic E-state index is -0.359. The SMILES string of the molecule is C[C@H]1C(=O)CCC1O. The van der Waals surface area contributed by atoms with Crippen molar-refractivity contribution in [2.75, 3.05) is 0 Å². The number of hydrogen-bond acceptors (Lipinski definition) is 2. The molecular weight excluding hydrogens is 104 g/mol. The molecule has 0 aromatic carbocycles. The summed E-state index contributed by atoms with van der Waals surface area (Å²) in [6.07, 6.45) is 0.880. The smallest absolute Gasteiger partial charge is 0.138 e. The highest BCUT2D eigenvalue weighted by Gasteiger charge is 2.28. The van der Waals surface area contributed by atoms with Crippen LogP contribution >= 0.6 is 0 Å². The van der Waals surface area contributed by atoms with Gasteiger partial charge in [-0.2, -0.15) is 0 Å². The fraction of sp³-hybridized carbons (Fsp3) is 0.833. The van der Waals surface area contributed by atoms with Crippen molar-refractivity contribution in [2.45, 2.75) is 25.9 Å². The molecule has 2 atom stereocenters. The fourth-order valence-electron chi connectivity index (χ4n) is 0.982. The lowest BCUT2D eigenvalue weighted by Crippen LogP contribution is -2.14. The van der Waals surface area contributed by atoms with Crippen molar-refractivity contribution >= 4 is 5.78 Å². The number of aliphatic hydroxyl groups excluding tert-OH is 1. The summed E-state index contributed by atoms with van der Waals surface area (Å²) in [4.78, 5) is 10.6. The molecule has 0 spiro atoms. The van der Waals surface area contributed by atoms with Gasteiger partial charge in [-0.1, -0.05) is 6.92 Å². The Hall–Kier alpha value is -0.370. The first-order valence-electron chi connectivity index (χ1n) is 2.92. The third-order valence-corrected chi connectivity index (χ3v) is 1.77. The van der Waals surface area contributed by atoms with Crippen LogP contribution in [0.15, 0.2) is 0 Å². The number of aliphatic hydroxyl groups is 1. The molecule has 1 fully saturated rings. The number of ketones is 1. The third-order valence-electron chi connectivity index (χ3n) is 1.77. The normalized spacial score (nSPS) is 38.5. The van der Waals surface area contributed by atoms with E-state index in [9.17, 15) is 4.79 Å². The van der Waals surface area contributed by atoms with Crippen LogP contribution in [0.5, 0.6) is 0 Å². The lowest BCUT2D eigenvalue weighted by Gasteiger charge is -2.02. The van der Waals surface area contributed by atoms with Gasteiger partial charge in [0.05, 0.1) is 6.10 Å². The first-order valence-corrected chi connectivity index (χ1v) is 2.92. The van der Waals surface area contributed by atoms with E-state index in [1.54, 1.807) is 6.92 Å². The molecule has 0 aromatic rings. The summed E-state index contributed by atoms with van der Waals surface area (Å²) in [5.41, 5.74) is 0. The molecule has 0 heterocycles. The van der Waals surface area contributed by atoms with Gasteiger partial charge in [0.25, 0.3) is 0 Å². The van der Waals surface area contributed by atoms with Crippen LogP contribution in [0.4, 0.5) is 0 Å². The van der Waals surface area contributed by atoms with Crippen LogP contribution < -0.4 is 0 Å². The quantitative estimate of drug-likeness (QED) is 0.493. The van der Waals surface area contributed by atoms with E-state index in [2.05, 4.69) is 0 Å². The van der Waals surface area contributed by atoms with Crippen molar-refractivity contribution in [3.63, 3.8) is 0 Å². The molecule has 0 saturated heterocycles. The number of Topliss-reactive ketones (excluding diaryl/α,β-unsaturated/α-hetero) is 1. The molecule has 2 nitrogen and oxygen atoms in total. The van der Waals surface area contributed by atoms with E-state index >= 15 is 0 Å². The minimum absolute atomic E-state index is 0.102. The Balaban J connectivity index is 2.56. The Morgan fingerprint density at radius 2 is 2.38 bits per heavy atom. The molecule has 1 rings (SSSR count). The monoisotopic (exact) mass is 114 g/mol. The van der Waals surface area contributed by atoms with Crippen molar-refractivity contribution in [2.24, 2.45) is 5.92 Å². The van der Waals surface area contributed by atoms with Crippen LogP contribution in [-0.2, 0) is 4.79 Å². The van der Waals surface area contributed by atoms with E-state index in [1.807, 2.05) is 0 Å². The molecule has 0 bridgehead atoms. The van der Waals surface area contributed by atoms with Crippen LogP contribution in [0.1, 0.15) is 19.8 Å². The Bertz CT molecular complexity index is 109. The highest BCUT2D eigenvalue weighted by atomic mass is 16.3. The summed E-state index contributed by atoms with van der Waals surface area (Å²) in [5, 5.41) is 8.95. The van der Waals surface area contributed by atoms with Crippen LogP contribution in [0, 0.1) is 5.92 Å². The predicted molar refractivity (Wildman–Crippen MR) is 29.4 cm³/mol. The van der Waals surface area contributed by atoms with Gasteiger partial charge in [0, 0.05) is 12.3 Å².